The highest BCUT2D eigenvalue weighted by Crippen LogP contribution is 2.26. The lowest BCUT2D eigenvalue weighted by Crippen LogP contribution is -2.34. The number of halogens is 5. The molecule has 5 nitrogen and oxygen atoms in total. The molecule has 0 unspecified atom stereocenters. The van der Waals surface area contributed by atoms with E-state index >= 15 is 0 Å². The van der Waals surface area contributed by atoms with Crippen LogP contribution in [-0.4, -0.2) is 23.8 Å². The summed E-state index contributed by atoms with van der Waals surface area (Å²) in [6.45, 7) is -4.70. The third kappa shape index (κ3) is 5.49. The van der Waals surface area contributed by atoms with Crippen molar-refractivity contribution >= 4 is 33.2 Å². The predicted octanol–water partition coefficient (Wildman–Crippen LogP) is 1.44. The molecule has 13 heteroatoms. The molecule has 0 aliphatic heterocycles. The molecule has 0 atom stereocenters. The van der Waals surface area contributed by atoms with Crippen LogP contribution in [0.5, 0.6) is 5.75 Å². The van der Waals surface area contributed by atoms with Gasteiger partial charge in [-0.15, -0.1) is 9.35 Å². The summed E-state index contributed by atoms with van der Waals surface area (Å²) in [7, 11) is -10.8. The van der Waals surface area contributed by atoms with Crippen LogP contribution in [0.4, 0.5) is 20.7 Å². The Morgan fingerprint density at radius 2 is 1.62 bits per heavy atom. The van der Waals surface area contributed by atoms with E-state index in [9.17, 15) is 37.6 Å². The van der Waals surface area contributed by atoms with Crippen molar-refractivity contribution in [1.82, 2.24) is 0 Å². The van der Waals surface area contributed by atoms with Crippen molar-refractivity contribution < 1.29 is 41.7 Å². The molecule has 0 aromatic heterocycles. The van der Waals surface area contributed by atoms with Gasteiger partial charge in [0.05, 0.1) is 0 Å². The quantitative estimate of drug-likeness (QED) is 0.455. The fraction of sp³-hybridized carbons (Fsp3) is 0.250. The van der Waals surface area contributed by atoms with Crippen molar-refractivity contribution in [3.05, 3.63) is 23.3 Å². The fourth-order valence-corrected chi connectivity index (χ4v) is 2.55. The molecule has 1 aromatic carbocycles. The highest BCUT2D eigenvalue weighted by atomic mass is 32.3. The number of hydrogen-bond donors (Lipinski definition) is 0. The molecule has 0 aliphatic carbocycles. The van der Waals surface area contributed by atoms with E-state index in [1.165, 1.54) is 0 Å². The van der Waals surface area contributed by atoms with Crippen molar-refractivity contribution in [3.8, 4) is 5.75 Å². The van der Waals surface area contributed by atoms with Crippen molar-refractivity contribution in [2.45, 2.75) is 12.7 Å². The van der Waals surface area contributed by atoms with Gasteiger partial charge in [-0.05, 0) is 24.1 Å². The second kappa shape index (κ2) is 5.44. The van der Waals surface area contributed by atoms with Crippen LogP contribution in [-0.2, 0) is 26.5 Å². The molecule has 0 heterocycles. The number of hydrogen-bond acceptors (Lipinski definition) is 5. The second-order valence-corrected chi connectivity index (χ2v) is 6.36. The van der Waals surface area contributed by atoms with Crippen LogP contribution < -0.4 is 9.65 Å². The van der Waals surface area contributed by atoms with Crippen molar-refractivity contribution in [2.75, 3.05) is 0 Å². The van der Waals surface area contributed by atoms with Gasteiger partial charge in [-0.25, -0.2) is 0 Å². The van der Waals surface area contributed by atoms with Crippen LogP contribution in [0, 0.1) is 6.92 Å². The molecule has 1 aromatic rings. The molecular weight excluding hydrogens is 346 g/mol. The molecule has 0 aliphatic rings. The Labute approximate surface area is 117 Å². The molecule has 0 amide bonds. The van der Waals surface area contributed by atoms with Gasteiger partial charge in [-0.1, -0.05) is 9.95 Å². The lowest BCUT2D eigenvalue weighted by atomic mass is 9.78. The molecule has 0 saturated carbocycles. The summed E-state index contributed by atoms with van der Waals surface area (Å²) >= 11 is 0. The zero-order valence-corrected chi connectivity index (χ0v) is 11.8. The lowest BCUT2D eigenvalue weighted by molar-refractivity contribution is 0.438. The van der Waals surface area contributed by atoms with Crippen LogP contribution in [0.15, 0.2) is 12.1 Å². The second-order valence-electron chi connectivity index (χ2n) is 4.04. The summed E-state index contributed by atoms with van der Waals surface area (Å²) in [6.07, 6.45) is 0. The molecule has 0 N–H and O–H groups in total. The summed E-state index contributed by atoms with van der Waals surface area (Å²) in [4.78, 5) is 0. The Hall–Kier alpha value is -1.37. The summed E-state index contributed by atoms with van der Waals surface area (Å²) in [5.41, 5.74) is -2.58. The maximum absolute atomic E-state index is 12.7. The first kappa shape index (κ1) is 17.7. The standard InChI is InChI=1S/C8H7BF5O5S2/c1-5-6(4-20(13,15)16)2-7(9(10,11)12)3-8(5)19-21(14,17)18/h2-3H,4H2,1H3/q-1. The third-order valence-electron chi connectivity index (χ3n) is 2.39. The molecule has 21 heavy (non-hydrogen) atoms. The summed E-state index contributed by atoms with van der Waals surface area (Å²) < 4.78 is 109. The Bertz CT molecular complexity index is 701. The Morgan fingerprint density at radius 3 is 2.00 bits per heavy atom. The van der Waals surface area contributed by atoms with Crippen LogP contribution >= 0.6 is 0 Å². The minimum atomic E-state index is -5.67. The van der Waals surface area contributed by atoms with Gasteiger partial charge >= 0.3 is 27.7 Å². The molecule has 0 radical (unpaired) electrons. The first-order valence-electron chi connectivity index (χ1n) is 5.09. The summed E-state index contributed by atoms with van der Waals surface area (Å²) in [6, 6.07) is 0.533. The highest BCUT2D eigenvalue weighted by molar-refractivity contribution is 7.85. The zero-order chi connectivity index (χ0) is 16.6. The first-order chi connectivity index (χ1) is 9.19. The van der Waals surface area contributed by atoms with Crippen molar-refractivity contribution in [3.63, 3.8) is 0 Å². The average molecular weight is 353 g/mol. The van der Waals surface area contributed by atoms with Gasteiger partial charge in [-0.2, -0.15) is 16.8 Å². The average Bonchev–Trinajstić information content (AvgIpc) is 2.18. The topological polar surface area (TPSA) is 77.5 Å². The van der Waals surface area contributed by atoms with E-state index < -0.39 is 55.8 Å². The number of benzene rings is 1. The summed E-state index contributed by atoms with van der Waals surface area (Å²) in [5, 5.41) is 0. The normalized spacial score (nSPS) is 13.2. The van der Waals surface area contributed by atoms with Gasteiger partial charge in [0.15, 0.2) is 0 Å². The van der Waals surface area contributed by atoms with Gasteiger partial charge in [0.2, 0.25) is 0 Å². The minimum Gasteiger partial charge on any atom is -0.445 e. The van der Waals surface area contributed by atoms with E-state index in [0.29, 0.717) is 6.07 Å². The maximum Gasteiger partial charge on any atom is 0.509 e. The summed E-state index contributed by atoms with van der Waals surface area (Å²) in [5.74, 6) is -2.49. The van der Waals surface area contributed by atoms with Crippen LogP contribution in [0.3, 0.4) is 0 Å². The molecule has 0 saturated heterocycles. The van der Waals surface area contributed by atoms with Crippen molar-refractivity contribution in [1.29, 1.82) is 0 Å². The van der Waals surface area contributed by atoms with Crippen molar-refractivity contribution in [2.24, 2.45) is 0 Å². The largest absolute Gasteiger partial charge is 0.509 e. The molecule has 0 spiro atoms. The Kier molecular flexibility index (Phi) is 4.58. The lowest BCUT2D eigenvalue weighted by Gasteiger charge is -2.19. The first-order valence-corrected chi connectivity index (χ1v) is 7.95. The molecule has 0 bridgehead atoms. The zero-order valence-electron chi connectivity index (χ0n) is 10.2. The molecule has 1 rings (SSSR count). The van der Waals surface area contributed by atoms with Gasteiger partial charge in [-0.3, -0.25) is 0 Å². The van der Waals surface area contributed by atoms with Crippen LogP contribution in [0.1, 0.15) is 11.1 Å². The predicted molar refractivity (Wildman–Crippen MR) is 64.3 cm³/mol. The van der Waals surface area contributed by atoms with E-state index in [1.54, 1.807) is 0 Å². The third-order valence-corrected chi connectivity index (χ3v) is 3.42. The molecular formula is C8H7BF5O5S2-. The van der Waals surface area contributed by atoms with E-state index in [1.807, 2.05) is 0 Å². The van der Waals surface area contributed by atoms with Gasteiger partial charge < -0.3 is 17.1 Å². The van der Waals surface area contributed by atoms with Gasteiger partial charge in [0, 0.05) is 0 Å². The van der Waals surface area contributed by atoms with E-state index in [-0.39, 0.29) is 6.07 Å². The fourth-order valence-electron chi connectivity index (χ4n) is 1.49. The Morgan fingerprint density at radius 1 is 1.10 bits per heavy atom. The van der Waals surface area contributed by atoms with E-state index in [2.05, 4.69) is 4.18 Å². The van der Waals surface area contributed by atoms with Crippen LogP contribution in [0.25, 0.3) is 0 Å². The van der Waals surface area contributed by atoms with Crippen LogP contribution in [0.2, 0.25) is 0 Å². The minimum absolute atomic E-state index is 0.195. The van der Waals surface area contributed by atoms with Gasteiger partial charge in [0.25, 0.3) is 0 Å². The van der Waals surface area contributed by atoms with E-state index in [4.69, 9.17) is 0 Å². The highest BCUT2D eigenvalue weighted by Gasteiger charge is 2.29. The number of rotatable bonds is 5. The maximum atomic E-state index is 12.7. The SMILES string of the molecule is Cc1c(CS(=O)(=O)F)cc([B-](F)(F)F)cc1OS(=O)(=O)F. The van der Waals surface area contributed by atoms with E-state index in [0.717, 1.165) is 6.92 Å². The monoisotopic (exact) mass is 353 g/mol. The smallest absolute Gasteiger partial charge is 0.445 e. The Balaban J connectivity index is 3.54. The van der Waals surface area contributed by atoms with Gasteiger partial charge in [0.1, 0.15) is 11.5 Å². The molecule has 120 valence electrons. The molecule has 0 fully saturated rings.